The standard InChI is InChI=1S/C24H19N5O2S/c1-3-11-28-20-14(2)7-6-8-15(20)24(22(28)31)12-19(30)27-21-16(24)13-25-29(21)23-26-17-9-4-5-10-18(17)32-23/h3-10,13H,1,11-12H2,2H3,(H,27,30). The second-order valence-electron chi connectivity index (χ2n) is 8.09. The number of carbonyl (C=O) groups is 2. The van der Waals surface area contributed by atoms with Crippen LogP contribution in [0.25, 0.3) is 15.3 Å². The molecule has 7 nitrogen and oxygen atoms in total. The van der Waals surface area contributed by atoms with E-state index in [0.717, 1.165) is 27.0 Å². The minimum absolute atomic E-state index is 0.0362. The van der Waals surface area contributed by atoms with Crippen LogP contribution in [0.15, 0.2) is 61.3 Å². The van der Waals surface area contributed by atoms with Gasteiger partial charge in [0, 0.05) is 18.5 Å². The molecule has 6 rings (SSSR count). The van der Waals surface area contributed by atoms with Gasteiger partial charge in [-0.25, -0.2) is 4.98 Å². The van der Waals surface area contributed by atoms with Gasteiger partial charge in [0.15, 0.2) is 0 Å². The van der Waals surface area contributed by atoms with Gasteiger partial charge in [0.2, 0.25) is 16.9 Å². The Bertz CT molecular complexity index is 1420. The third-order valence-electron chi connectivity index (χ3n) is 6.27. The van der Waals surface area contributed by atoms with Gasteiger partial charge in [-0.1, -0.05) is 47.7 Å². The second kappa shape index (κ2) is 6.61. The number of rotatable bonds is 3. The zero-order valence-corrected chi connectivity index (χ0v) is 18.1. The fraction of sp³-hybridized carbons (Fsp3) is 0.167. The van der Waals surface area contributed by atoms with Gasteiger partial charge in [-0.15, -0.1) is 6.58 Å². The van der Waals surface area contributed by atoms with Crippen molar-refractivity contribution in [3.05, 3.63) is 78.0 Å². The Morgan fingerprint density at radius 2 is 2.03 bits per heavy atom. The van der Waals surface area contributed by atoms with Crippen LogP contribution in [0.4, 0.5) is 11.5 Å². The summed E-state index contributed by atoms with van der Waals surface area (Å²) >= 11 is 1.49. The maximum absolute atomic E-state index is 13.9. The first-order valence-electron chi connectivity index (χ1n) is 10.3. The quantitative estimate of drug-likeness (QED) is 0.488. The van der Waals surface area contributed by atoms with Crippen LogP contribution in [0.2, 0.25) is 0 Å². The lowest BCUT2D eigenvalue weighted by Crippen LogP contribution is -2.46. The van der Waals surface area contributed by atoms with Crippen molar-refractivity contribution in [3.8, 4) is 5.13 Å². The Labute approximate surface area is 188 Å². The van der Waals surface area contributed by atoms with Crippen LogP contribution in [0.1, 0.15) is 23.1 Å². The molecule has 1 atom stereocenters. The van der Waals surface area contributed by atoms with Crippen LogP contribution in [-0.4, -0.2) is 33.1 Å². The van der Waals surface area contributed by atoms with Crippen molar-refractivity contribution >= 4 is 44.9 Å². The lowest BCUT2D eigenvalue weighted by atomic mass is 9.71. The van der Waals surface area contributed by atoms with Gasteiger partial charge in [-0.2, -0.15) is 9.78 Å². The summed E-state index contributed by atoms with van der Waals surface area (Å²) < 4.78 is 2.66. The zero-order chi connectivity index (χ0) is 22.0. The summed E-state index contributed by atoms with van der Waals surface area (Å²) in [5, 5.41) is 8.17. The van der Waals surface area contributed by atoms with Gasteiger partial charge < -0.3 is 10.2 Å². The first kappa shape index (κ1) is 18.9. The number of nitrogens with zero attached hydrogens (tertiary/aromatic N) is 4. The number of hydrogen-bond donors (Lipinski definition) is 1. The number of aryl methyl sites for hydroxylation is 1. The number of amides is 2. The molecule has 8 heteroatoms. The highest BCUT2D eigenvalue weighted by Crippen LogP contribution is 2.53. The van der Waals surface area contributed by atoms with E-state index in [1.807, 2.05) is 49.4 Å². The summed E-state index contributed by atoms with van der Waals surface area (Å²) in [6, 6.07) is 13.7. The molecule has 2 aromatic heterocycles. The number of anilines is 2. The highest BCUT2D eigenvalue weighted by atomic mass is 32.1. The summed E-state index contributed by atoms with van der Waals surface area (Å²) in [4.78, 5) is 33.3. The summed E-state index contributed by atoms with van der Waals surface area (Å²) in [6.45, 7) is 6.18. The van der Waals surface area contributed by atoms with Crippen molar-refractivity contribution in [2.24, 2.45) is 0 Å². The summed E-state index contributed by atoms with van der Waals surface area (Å²) in [5.74, 6) is 0.157. The molecule has 2 aliphatic rings. The number of fused-ring (bicyclic) bond motifs is 5. The SMILES string of the molecule is C=CCN1C(=O)C2(CC(=O)Nc3c2cnn3-c2nc3ccccc3s2)c2cccc(C)c21. The fourth-order valence-electron chi connectivity index (χ4n) is 4.93. The predicted octanol–water partition coefficient (Wildman–Crippen LogP) is 3.95. The number of benzene rings is 2. The van der Waals surface area contributed by atoms with E-state index in [9.17, 15) is 9.59 Å². The lowest BCUT2D eigenvalue weighted by molar-refractivity contribution is -0.126. The number of para-hydroxylation sites is 2. The third-order valence-corrected chi connectivity index (χ3v) is 7.28. The van der Waals surface area contributed by atoms with E-state index in [1.165, 1.54) is 11.3 Å². The minimum Gasteiger partial charge on any atom is -0.310 e. The number of aromatic nitrogens is 3. The number of hydrogen-bond acceptors (Lipinski definition) is 5. The van der Waals surface area contributed by atoms with Gasteiger partial charge in [-0.05, 0) is 30.2 Å². The van der Waals surface area contributed by atoms with Gasteiger partial charge in [0.1, 0.15) is 11.2 Å². The molecule has 2 amide bonds. The first-order chi connectivity index (χ1) is 15.5. The smallest absolute Gasteiger partial charge is 0.243 e. The van der Waals surface area contributed by atoms with Crippen LogP contribution in [0.5, 0.6) is 0 Å². The molecular weight excluding hydrogens is 422 g/mol. The summed E-state index contributed by atoms with van der Waals surface area (Å²) in [7, 11) is 0. The van der Waals surface area contributed by atoms with Crippen molar-refractivity contribution in [2.45, 2.75) is 18.8 Å². The zero-order valence-electron chi connectivity index (χ0n) is 17.3. The molecule has 0 radical (unpaired) electrons. The summed E-state index contributed by atoms with van der Waals surface area (Å²) in [5.41, 5.74) is 3.12. The molecule has 0 fully saturated rings. The molecule has 32 heavy (non-hydrogen) atoms. The average molecular weight is 442 g/mol. The van der Waals surface area contributed by atoms with Crippen LogP contribution in [0, 0.1) is 6.92 Å². The van der Waals surface area contributed by atoms with Gasteiger partial charge in [-0.3, -0.25) is 9.59 Å². The Morgan fingerprint density at radius 1 is 1.19 bits per heavy atom. The maximum Gasteiger partial charge on any atom is 0.243 e. The van der Waals surface area contributed by atoms with Crippen molar-refractivity contribution in [1.29, 1.82) is 0 Å². The first-order valence-corrected chi connectivity index (χ1v) is 11.1. The monoisotopic (exact) mass is 441 g/mol. The van der Waals surface area contributed by atoms with E-state index in [0.29, 0.717) is 23.1 Å². The highest BCUT2D eigenvalue weighted by Gasteiger charge is 2.57. The second-order valence-corrected chi connectivity index (χ2v) is 9.10. The van der Waals surface area contributed by atoms with Crippen LogP contribution in [0.3, 0.4) is 0 Å². The average Bonchev–Trinajstić information content (AvgIpc) is 3.45. The summed E-state index contributed by atoms with van der Waals surface area (Å²) in [6.07, 6.45) is 3.44. The lowest BCUT2D eigenvalue weighted by Gasteiger charge is -2.32. The topological polar surface area (TPSA) is 80.1 Å². The molecule has 1 spiro atoms. The molecule has 1 N–H and O–H groups in total. The predicted molar refractivity (Wildman–Crippen MR) is 124 cm³/mol. The van der Waals surface area contributed by atoms with E-state index in [-0.39, 0.29) is 18.2 Å². The molecule has 4 aromatic rings. The third kappa shape index (κ3) is 2.35. The number of nitrogens with one attached hydrogen (secondary N) is 1. The van der Waals surface area contributed by atoms with Crippen molar-refractivity contribution < 1.29 is 9.59 Å². The largest absolute Gasteiger partial charge is 0.310 e. The number of carbonyl (C=O) groups excluding carboxylic acids is 2. The molecule has 0 aliphatic carbocycles. The Balaban J connectivity index is 1.60. The van der Waals surface area contributed by atoms with Crippen molar-refractivity contribution in [1.82, 2.24) is 14.8 Å². The normalized spacial score (nSPS) is 19.3. The molecule has 0 bridgehead atoms. The van der Waals surface area contributed by atoms with E-state index in [2.05, 4.69) is 22.0 Å². The molecule has 2 aliphatic heterocycles. The molecule has 2 aromatic carbocycles. The molecule has 1 unspecified atom stereocenters. The minimum atomic E-state index is -1.11. The van der Waals surface area contributed by atoms with Gasteiger partial charge in [0.05, 0.1) is 22.1 Å². The Morgan fingerprint density at radius 3 is 2.84 bits per heavy atom. The van der Waals surface area contributed by atoms with Crippen molar-refractivity contribution in [2.75, 3.05) is 16.8 Å². The number of thiazole rings is 1. The van der Waals surface area contributed by atoms with Crippen LogP contribution >= 0.6 is 11.3 Å². The molecule has 4 heterocycles. The fourth-order valence-corrected chi connectivity index (χ4v) is 5.86. The van der Waals surface area contributed by atoms with Gasteiger partial charge >= 0.3 is 0 Å². The van der Waals surface area contributed by atoms with Gasteiger partial charge in [0.25, 0.3) is 0 Å². The van der Waals surface area contributed by atoms with Crippen LogP contribution in [-0.2, 0) is 15.0 Å². The molecule has 0 saturated carbocycles. The molecule has 158 valence electrons. The van der Waals surface area contributed by atoms with E-state index in [1.54, 1.807) is 21.9 Å². The molecular formula is C24H19N5O2S. The van der Waals surface area contributed by atoms with Crippen LogP contribution < -0.4 is 10.2 Å². The van der Waals surface area contributed by atoms with E-state index >= 15 is 0 Å². The highest BCUT2D eigenvalue weighted by molar-refractivity contribution is 7.20. The Kier molecular flexibility index (Phi) is 3.91. The van der Waals surface area contributed by atoms with E-state index in [4.69, 9.17) is 0 Å². The molecule has 0 saturated heterocycles. The maximum atomic E-state index is 13.9. The van der Waals surface area contributed by atoms with E-state index < -0.39 is 5.41 Å². The Hall–Kier alpha value is -3.78. The van der Waals surface area contributed by atoms with Crippen molar-refractivity contribution in [3.63, 3.8) is 0 Å².